The molecule has 0 aliphatic rings. The van der Waals surface area contributed by atoms with E-state index in [4.69, 9.17) is 0 Å². The van der Waals surface area contributed by atoms with Crippen molar-refractivity contribution in [3.63, 3.8) is 0 Å². The Morgan fingerprint density at radius 3 is 2.07 bits per heavy atom. The molecule has 0 aliphatic heterocycles. The van der Waals surface area contributed by atoms with Crippen molar-refractivity contribution >= 4 is 21.5 Å². The fourth-order valence-electron chi connectivity index (χ4n) is 3.84. The molecular weight excluding hydrogens is 326 g/mol. The van der Waals surface area contributed by atoms with Gasteiger partial charge in [-0.1, -0.05) is 72.3 Å². The maximum atomic E-state index is 3.47. The second-order valence-electron chi connectivity index (χ2n) is 7.05. The summed E-state index contributed by atoms with van der Waals surface area (Å²) in [6, 6.07) is 32.6. The third-order valence-corrected chi connectivity index (χ3v) is 5.25. The Morgan fingerprint density at radius 1 is 0.556 bits per heavy atom. The van der Waals surface area contributed by atoms with Crippen molar-refractivity contribution in [2.45, 2.75) is 6.92 Å². The summed E-state index contributed by atoms with van der Waals surface area (Å²) in [7, 11) is 0. The number of nitrogens with one attached hydrogen (secondary N) is 1. The maximum absolute atomic E-state index is 3.47. The number of hydrogen-bond donors (Lipinski definition) is 0. The van der Waals surface area contributed by atoms with Crippen molar-refractivity contribution in [3.05, 3.63) is 103 Å². The molecular formula is C26H20N+. The van der Waals surface area contributed by atoms with E-state index in [-0.39, 0.29) is 0 Å². The number of benzene rings is 4. The van der Waals surface area contributed by atoms with Gasteiger partial charge in [0, 0.05) is 17.0 Å². The first-order chi connectivity index (χ1) is 13.3. The molecule has 0 fully saturated rings. The topological polar surface area (TPSA) is 14.1 Å². The van der Waals surface area contributed by atoms with Gasteiger partial charge in [-0.25, -0.2) is 4.98 Å². The van der Waals surface area contributed by atoms with Gasteiger partial charge >= 0.3 is 0 Å². The lowest BCUT2D eigenvalue weighted by molar-refractivity contribution is -0.362. The number of hydrogen-bond acceptors (Lipinski definition) is 0. The summed E-state index contributed by atoms with van der Waals surface area (Å²) in [5.74, 6) is 0. The standard InChI is InChI=1S/C26H19N/c1-18-7-8-21-13-14-24-23(25(21)17-18)15-16-27-26(24)22-11-9-20(10-12-22)19-5-3-2-4-6-19/h2-17H,1H3/p+1. The molecule has 0 aliphatic carbocycles. The van der Waals surface area contributed by atoms with E-state index in [0.717, 1.165) is 5.69 Å². The number of fused-ring (bicyclic) bond motifs is 3. The van der Waals surface area contributed by atoms with Gasteiger partial charge in [-0.05, 0) is 47.0 Å². The highest BCUT2D eigenvalue weighted by atomic mass is 14.7. The number of aromatic amines is 1. The SMILES string of the molecule is Cc1ccc2ccc3c(-c4ccc(-c5ccccc5)cc4)[nH+]ccc3c2c1. The van der Waals surface area contributed by atoms with Crippen LogP contribution in [-0.4, -0.2) is 0 Å². The van der Waals surface area contributed by atoms with E-state index in [0.29, 0.717) is 0 Å². The van der Waals surface area contributed by atoms with E-state index < -0.39 is 0 Å². The molecule has 0 bridgehead atoms. The molecule has 1 heterocycles. The highest BCUT2D eigenvalue weighted by molar-refractivity contribution is 6.10. The van der Waals surface area contributed by atoms with Crippen LogP contribution in [0.25, 0.3) is 43.9 Å². The molecule has 1 N–H and O–H groups in total. The smallest absolute Gasteiger partial charge is 0.211 e. The van der Waals surface area contributed by atoms with Crippen LogP contribution in [0.3, 0.4) is 0 Å². The van der Waals surface area contributed by atoms with Crippen LogP contribution < -0.4 is 4.98 Å². The maximum Gasteiger partial charge on any atom is 0.218 e. The van der Waals surface area contributed by atoms with E-state index >= 15 is 0 Å². The van der Waals surface area contributed by atoms with Gasteiger partial charge in [-0.2, -0.15) is 0 Å². The molecule has 0 saturated carbocycles. The summed E-state index contributed by atoms with van der Waals surface area (Å²) in [5.41, 5.74) is 6.13. The van der Waals surface area contributed by atoms with E-state index in [1.165, 1.54) is 43.8 Å². The Hall–Kier alpha value is -3.45. The van der Waals surface area contributed by atoms with Gasteiger partial charge < -0.3 is 0 Å². The Morgan fingerprint density at radius 2 is 1.26 bits per heavy atom. The summed E-state index contributed by atoms with van der Waals surface area (Å²) < 4.78 is 0. The Bertz CT molecular complexity index is 1250. The number of rotatable bonds is 2. The lowest BCUT2D eigenvalue weighted by Crippen LogP contribution is -2.06. The highest BCUT2D eigenvalue weighted by Gasteiger charge is 2.13. The summed E-state index contributed by atoms with van der Waals surface area (Å²) in [6.45, 7) is 2.15. The number of aryl methyl sites for hydroxylation is 1. The van der Waals surface area contributed by atoms with Crippen LogP contribution in [0, 0.1) is 6.92 Å². The number of pyridine rings is 1. The van der Waals surface area contributed by atoms with Crippen LogP contribution in [0.4, 0.5) is 0 Å². The Balaban J connectivity index is 1.67. The molecule has 5 aromatic rings. The first kappa shape index (κ1) is 15.8. The first-order valence-electron chi connectivity index (χ1n) is 9.29. The van der Waals surface area contributed by atoms with Crippen molar-refractivity contribution in [1.82, 2.24) is 0 Å². The normalized spacial score (nSPS) is 11.1. The van der Waals surface area contributed by atoms with Crippen molar-refractivity contribution in [2.75, 3.05) is 0 Å². The number of H-pyrrole nitrogens is 1. The zero-order chi connectivity index (χ0) is 18.2. The minimum absolute atomic E-state index is 1.16. The summed E-state index contributed by atoms with van der Waals surface area (Å²) in [6.07, 6.45) is 2.05. The third kappa shape index (κ3) is 2.78. The summed E-state index contributed by atoms with van der Waals surface area (Å²) in [5, 5.41) is 5.13. The first-order valence-corrected chi connectivity index (χ1v) is 9.29. The second kappa shape index (κ2) is 6.37. The van der Waals surface area contributed by atoms with Crippen molar-refractivity contribution in [2.24, 2.45) is 0 Å². The summed E-state index contributed by atoms with van der Waals surface area (Å²) >= 11 is 0. The van der Waals surface area contributed by atoms with E-state index in [9.17, 15) is 0 Å². The molecule has 5 rings (SSSR count). The molecule has 27 heavy (non-hydrogen) atoms. The molecule has 0 spiro atoms. The molecule has 0 unspecified atom stereocenters. The average Bonchev–Trinajstić information content (AvgIpc) is 2.74. The second-order valence-corrected chi connectivity index (χ2v) is 7.05. The fraction of sp³-hybridized carbons (Fsp3) is 0.0385. The quantitative estimate of drug-likeness (QED) is 0.326. The highest BCUT2D eigenvalue weighted by Crippen LogP contribution is 2.31. The molecule has 0 amide bonds. The van der Waals surface area contributed by atoms with Gasteiger partial charge in [0.05, 0.1) is 5.39 Å². The van der Waals surface area contributed by atoms with E-state index in [1.54, 1.807) is 0 Å². The van der Waals surface area contributed by atoms with Gasteiger partial charge in [-0.15, -0.1) is 0 Å². The molecule has 0 radical (unpaired) electrons. The van der Waals surface area contributed by atoms with E-state index in [2.05, 4.69) is 103 Å². The molecule has 1 aromatic heterocycles. The number of aromatic nitrogens is 1. The predicted octanol–water partition coefficient (Wildman–Crippen LogP) is 6.45. The molecule has 1 heteroatoms. The largest absolute Gasteiger partial charge is 0.218 e. The molecule has 4 aromatic carbocycles. The molecule has 0 atom stereocenters. The van der Waals surface area contributed by atoms with Crippen LogP contribution in [0.15, 0.2) is 97.2 Å². The Kier molecular flexibility index (Phi) is 3.72. The minimum Gasteiger partial charge on any atom is -0.211 e. The van der Waals surface area contributed by atoms with Crippen molar-refractivity contribution in [1.29, 1.82) is 0 Å². The zero-order valence-electron chi connectivity index (χ0n) is 15.2. The van der Waals surface area contributed by atoms with Crippen LogP contribution in [-0.2, 0) is 0 Å². The monoisotopic (exact) mass is 346 g/mol. The Labute approximate surface area is 158 Å². The third-order valence-electron chi connectivity index (χ3n) is 5.25. The molecule has 1 nitrogen and oxygen atoms in total. The zero-order valence-corrected chi connectivity index (χ0v) is 15.2. The molecule has 0 saturated heterocycles. The average molecular weight is 346 g/mol. The lowest BCUT2D eigenvalue weighted by atomic mass is 9.96. The minimum atomic E-state index is 1.16. The van der Waals surface area contributed by atoms with Gasteiger partial charge in [0.25, 0.3) is 0 Å². The lowest BCUT2D eigenvalue weighted by Gasteiger charge is -2.07. The van der Waals surface area contributed by atoms with Crippen molar-refractivity contribution < 1.29 is 4.98 Å². The predicted molar refractivity (Wildman–Crippen MR) is 114 cm³/mol. The van der Waals surface area contributed by atoms with Gasteiger partial charge in [0.2, 0.25) is 5.69 Å². The van der Waals surface area contributed by atoms with Crippen LogP contribution >= 0.6 is 0 Å². The van der Waals surface area contributed by atoms with Gasteiger partial charge in [0.1, 0.15) is 0 Å². The van der Waals surface area contributed by atoms with Gasteiger partial charge in [0.15, 0.2) is 6.20 Å². The summed E-state index contributed by atoms with van der Waals surface area (Å²) in [4.78, 5) is 3.47. The van der Waals surface area contributed by atoms with Crippen LogP contribution in [0.1, 0.15) is 5.56 Å². The van der Waals surface area contributed by atoms with Crippen LogP contribution in [0.5, 0.6) is 0 Å². The van der Waals surface area contributed by atoms with Gasteiger partial charge in [-0.3, -0.25) is 0 Å². The van der Waals surface area contributed by atoms with Crippen molar-refractivity contribution in [3.8, 4) is 22.4 Å². The fourth-order valence-corrected chi connectivity index (χ4v) is 3.84. The molecule has 128 valence electrons. The van der Waals surface area contributed by atoms with Crippen LogP contribution in [0.2, 0.25) is 0 Å². The van der Waals surface area contributed by atoms with E-state index in [1.807, 2.05) is 6.20 Å².